The van der Waals surface area contributed by atoms with Crippen molar-refractivity contribution in [2.24, 2.45) is 4.99 Å². The molecule has 1 N–H and O–H groups in total. The van der Waals surface area contributed by atoms with Crippen molar-refractivity contribution in [3.8, 4) is 11.5 Å². The first-order chi connectivity index (χ1) is 11.1. The number of hydrogen-bond acceptors (Lipinski definition) is 4. The van der Waals surface area contributed by atoms with Crippen LogP contribution in [0, 0.1) is 0 Å². The molecule has 0 saturated heterocycles. The molecule has 1 aliphatic rings. The van der Waals surface area contributed by atoms with Gasteiger partial charge in [-0.3, -0.25) is 4.99 Å². The Morgan fingerprint density at radius 3 is 2.74 bits per heavy atom. The maximum absolute atomic E-state index is 10.3. The van der Waals surface area contributed by atoms with Gasteiger partial charge in [0, 0.05) is 28.7 Å². The SMILES string of the molecule is COc1ccc(C=N[C@H]2c3ccc(Br)cc3C[C@H]2O)c(OC)c1. The Hall–Kier alpha value is -1.85. The van der Waals surface area contributed by atoms with Crippen LogP contribution in [0.2, 0.25) is 0 Å². The van der Waals surface area contributed by atoms with Crippen LogP contribution in [-0.2, 0) is 6.42 Å². The molecular formula is C18H18BrNO3. The first kappa shape index (κ1) is 16.0. The van der Waals surface area contributed by atoms with Crippen molar-refractivity contribution >= 4 is 22.1 Å². The van der Waals surface area contributed by atoms with Crippen LogP contribution in [-0.4, -0.2) is 31.6 Å². The highest BCUT2D eigenvalue weighted by Gasteiger charge is 2.30. The third kappa shape index (κ3) is 3.26. The molecule has 2 aromatic carbocycles. The highest BCUT2D eigenvalue weighted by Crippen LogP contribution is 2.36. The molecular weight excluding hydrogens is 358 g/mol. The molecule has 0 fully saturated rings. The number of ether oxygens (including phenoxy) is 2. The molecule has 0 aromatic heterocycles. The van der Waals surface area contributed by atoms with Gasteiger partial charge in [0.15, 0.2) is 0 Å². The molecule has 0 aliphatic heterocycles. The normalized spacial score (nSPS) is 19.8. The molecule has 0 spiro atoms. The van der Waals surface area contributed by atoms with E-state index in [1.54, 1.807) is 20.4 Å². The minimum absolute atomic E-state index is 0.245. The first-order valence-electron chi connectivity index (χ1n) is 7.34. The largest absolute Gasteiger partial charge is 0.497 e. The van der Waals surface area contributed by atoms with Crippen molar-refractivity contribution in [3.05, 3.63) is 57.6 Å². The predicted octanol–water partition coefficient (Wildman–Crippen LogP) is 3.54. The Bertz CT molecular complexity index is 745. The van der Waals surface area contributed by atoms with E-state index in [0.29, 0.717) is 12.2 Å². The van der Waals surface area contributed by atoms with Gasteiger partial charge in [0.1, 0.15) is 17.5 Å². The van der Waals surface area contributed by atoms with Crippen molar-refractivity contribution in [3.63, 3.8) is 0 Å². The van der Waals surface area contributed by atoms with E-state index in [1.165, 1.54) is 0 Å². The molecule has 4 nitrogen and oxygen atoms in total. The summed E-state index contributed by atoms with van der Waals surface area (Å²) in [6.07, 6.45) is 1.87. The fourth-order valence-corrected chi connectivity index (χ4v) is 3.26. The van der Waals surface area contributed by atoms with Gasteiger partial charge in [0.05, 0.1) is 20.3 Å². The van der Waals surface area contributed by atoms with Crippen molar-refractivity contribution in [2.45, 2.75) is 18.6 Å². The number of hydrogen-bond donors (Lipinski definition) is 1. The van der Waals surface area contributed by atoms with Crippen molar-refractivity contribution in [2.75, 3.05) is 14.2 Å². The zero-order valence-corrected chi connectivity index (χ0v) is 14.6. The van der Waals surface area contributed by atoms with E-state index in [1.807, 2.05) is 36.4 Å². The number of aliphatic imine (C=N–C) groups is 1. The van der Waals surface area contributed by atoms with Crippen molar-refractivity contribution in [1.29, 1.82) is 0 Å². The predicted molar refractivity (Wildman–Crippen MR) is 93.7 cm³/mol. The Kier molecular flexibility index (Phi) is 4.68. The van der Waals surface area contributed by atoms with Crippen LogP contribution in [0.15, 0.2) is 45.9 Å². The van der Waals surface area contributed by atoms with Crippen LogP contribution in [0.4, 0.5) is 0 Å². The van der Waals surface area contributed by atoms with E-state index in [2.05, 4.69) is 20.9 Å². The Balaban J connectivity index is 1.89. The van der Waals surface area contributed by atoms with Gasteiger partial charge in [-0.2, -0.15) is 0 Å². The molecule has 5 heteroatoms. The summed E-state index contributed by atoms with van der Waals surface area (Å²) >= 11 is 3.46. The number of rotatable bonds is 4. The smallest absolute Gasteiger partial charge is 0.131 e. The van der Waals surface area contributed by atoms with Gasteiger partial charge in [-0.15, -0.1) is 0 Å². The lowest BCUT2D eigenvalue weighted by Gasteiger charge is -2.12. The topological polar surface area (TPSA) is 51.0 Å². The average Bonchev–Trinajstić information content (AvgIpc) is 2.87. The van der Waals surface area contributed by atoms with E-state index in [-0.39, 0.29) is 6.04 Å². The number of halogens is 1. The molecule has 0 heterocycles. The number of aliphatic hydroxyl groups is 1. The summed E-state index contributed by atoms with van der Waals surface area (Å²) in [5.41, 5.74) is 3.06. The van der Waals surface area contributed by atoms with Gasteiger partial charge in [-0.05, 0) is 35.4 Å². The van der Waals surface area contributed by atoms with E-state index in [9.17, 15) is 5.11 Å². The molecule has 0 bridgehead atoms. The van der Waals surface area contributed by atoms with Crippen LogP contribution in [0.1, 0.15) is 22.7 Å². The fourth-order valence-electron chi connectivity index (χ4n) is 2.85. The molecule has 3 rings (SSSR count). The highest BCUT2D eigenvalue weighted by molar-refractivity contribution is 9.10. The maximum atomic E-state index is 10.3. The average molecular weight is 376 g/mol. The standard InChI is InChI=1S/C18H18BrNO3/c1-22-14-5-3-11(17(9-14)23-2)10-20-18-15-6-4-13(19)7-12(15)8-16(18)21/h3-7,9-10,16,18,21H,8H2,1-2H3/t16-,18+/m1/s1. The molecule has 2 aromatic rings. The Morgan fingerprint density at radius 2 is 2.00 bits per heavy atom. The molecule has 0 saturated carbocycles. The number of benzene rings is 2. The minimum atomic E-state index is -0.500. The van der Waals surface area contributed by atoms with Gasteiger partial charge in [-0.25, -0.2) is 0 Å². The number of methoxy groups -OCH3 is 2. The quantitative estimate of drug-likeness (QED) is 0.831. The molecule has 0 radical (unpaired) electrons. The van der Waals surface area contributed by atoms with Gasteiger partial charge in [0.25, 0.3) is 0 Å². The summed E-state index contributed by atoms with van der Waals surface area (Å²) in [6.45, 7) is 0. The van der Waals surface area contributed by atoms with Gasteiger partial charge in [0.2, 0.25) is 0 Å². The second kappa shape index (κ2) is 6.72. The Morgan fingerprint density at radius 1 is 1.17 bits per heavy atom. The van der Waals surface area contributed by atoms with E-state index in [4.69, 9.17) is 9.47 Å². The van der Waals surface area contributed by atoms with Crippen LogP contribution < -0.4 is 9.47 Å². The van der Waals surface area contributed by atoms with E-state index in [0.717, 1.165) is 26.9 Å². The minimum Gasteiger partial charge on any atom is -0.497 e. The summed E-state index contributed by atoms with van der Waals surface area (Å²) in [5.74, 6) is 1.42. The molecule has 23 heavy (non-hydrogen) atoms. The number of fused-ring (bicyclic) bond motifs is 1. The van der Waals surface area contributed by atoms with Crippen LogP contribution in [0.5, 0.6) is 11.5 Å². The van der Waals surface area contributed by atoms with Crippen molar-refractivity contribution < 1.29 is 14.6 Å². The van der Waals surface area contributed by atoms with Crippen LogP contribution in [0.3, 0.4) is 0 Å². The van der Waals surface area contributed by atoms with E-state index < -0.39 is 6.10 Å². The number of aliphatic hydroxyl groups excluding tert-OH is 1. The fraction of sp³-hybridized carbons (Fsp3) is 0.278. The lowest BCUT2D eigenvalue weighted by atomic mass is 10.1. The van der Waals surface area contributed by atoms with Gasteiger partial charge >= 0.3 is 0 Å². The second-order valence-corrected chi connectivity index (χ2v) is 6.36. The summed E-state index contributed by atoms with van der Waals surface area (Å²) in [6, 6.07) is 11.4. The molecule has 2 atom stereocenters. The van der Waals surface area contributed by atoms with E-state index >= 15 is 0 Å². The molecule has 0 unspecified atom stereocenters. The summed E-state index contributed by atoms with van der Waals surface area (Å²) in [7, 11) is 3.23. The highest BCUT2D eigenvalue weighted by atomic mass is 79.9. The monoisotopic (exact) mass is 375 g/mol. The molecule has 1 aliphatic carbocycles. The van der Waals surface area contributed by atoms with Gasteiger partial charge < -0.3 is 14.6 Å². The Labute approximate surface area is 143 Å². The third-order valence-electron chi connectivity index (χ3n) is 4.03. The molecule has 120 valence electrons. The van der Waals surface area contributed by atoms with Crippen LogP contribution >= 0.6 is 15.9 Å². The first-order valence-corrected chi connectivity index (χ1v) is 8.13. The van der Waals surface area contributed by atoms with Gasteiger partial charge in [-0.1, -0.05) is 22.0 Å². The summed E-state index contributed by atoms with van der Waals surface area (Å²) < 4.78 is 11.6. The zero-order valence-electron chi connectivity index (χ0n) is 13.0. The lowest BCUT2D eigenvalue weighted by molar-refractivity contribution is 0.159. The van der Waals surface area contributed by atoms with Crippen molar-refractivity contribution in [1.82, 2.24) is 0 Å². The maximum Gasteiger partial charge on any atom is 0.131 e. The third-order valence-corrected chi connectivity index (χ3v) is 4.53. The lowest BCUT2D eigenvalue weighted by Crippen LogP contribution is -2.11. The second-order valence-electron chi connectivity index (χ2n) is 5.45. The van der Waals surface area contributed by atoms with Crippen LogP contribution in [0.25, 0.3) is 0 Å². The molecule has 0 amide bonds. The summed E-state index contributed by atoms with van der Waals surface area (Å²) in [4.78, 5) is 4.60. The zero-order chi connectivity index (χ0) is 16.4. The number of nitrogens with zero attached hydrogens (tertiary/aromatic N) is 1. The summed E-state index contributed by atoms with van der Waals surface area (Å²) in [5, 5.41) is 10.3.